The van der Waals surface area contributed by atoms with Gasteiger partial charge >= 0.3 is 0 Å². The second-order valence-corrected chi connectivity index (χ2v) is 6.57. The summed E-state index contributed by atoms with van der Waals surface area (Å²) >= 11 is 1.32. The average molecular weight is 342 g/mol. The number of aryl methyl sites for hydroxylation is 1. The van der Waals surface area contributed by atoms with E-state index in [2.05, 4.69) is 16.5 Å². The quantitative estimate of drug-likeness (QED) is 0.790. The lowest BCUT2D eigenvalue weighted by Gasteiger charge is -2.04. The van der Waals surface area contributed by atoms with E-state index in [0.29, 0.717) is 11.4 Å². The average Bonchev–Trinajstić information content (AvgIpc) is 3.14. The van der Waals surface area contributed by atoms with E-state index < -0.39 is 0 Å². The Bertz CT molecular complexity index is 936. The Labute approximate surface area is 142 Å². The summed E-state index contributed by atoms with van der Waals surface area (Å²) in [5, 5.41) is 16.9. The SMILES string of the molecule is Cc1nn(-c2ccc(F)cc2)c2sc(C(=O)NCC(C)C#N)cc12. The molecule has 1 atom stereocenters. The molecule has 1 amide bonds. The summed E-state index contributed by atoms with van der Waals surface area (Å²) in [6, 6.07) is 9.93. The highest BCUT2D eigenvalue weighted by Gasteiger charge is 2.17. The van der Waals surface area contributed by atoms with Crippen LogP contribution >= 0.6 is 11.3 Å². The first kappa shape index (κ1) is 16.1. The predicted octanol–water partition coefficient (Wildman–Crippen LogP) is 3.42. The summed E-state index contributed by atoms with van der Waals surface area (Å²) in [5.41, 5.74) is 1.54. The third kappa shape index (κ3) is 3.01. The van der Waals surface area contributed by atoms with Crippen molar-refractivity contribution in [2.24, 2.45) is 5.92 Å². The lowest BCUT2D eigenvalue weighted by molar-refractivity contribution is 0.0955. The molecule has 1 N–H and O–H groups in total. The largest absolute Gasteiger partial charge is 0.350 e. The zero-order chi connectivity index (χ0) is 17.3. The van der Waals surface area contributed by atoms with Crippen LogP contribution in [0.4, 0.5) is 4.39 Å². The Morgan fingerprint density at radius 2 is 2.17 bits per heavy atom. The van der Waals surface area contributed by atoms with Crippen LogP contribution in [0.2, 0.25) is 0 Å². The van der Waals surface area contributed by atoms with Crippen molar-refractivity contribution in [3.05, 3.63) is 46.7 Å². The molecule has 122 valence electrons. The molecule has 24 heavy (non-hydrogen) atoms. The molecule has 1 unspecified atom stereocenters. The molecule has 1 aromatic carbocycles. The fraction of sp³-hybridized carbons (Fsp3) is 0.235. The van der Waals surface area contributed by atoms with Crippen LogP contribution in [0, 0.1) is 30.0 Å². The first-order valence-electron chi connectivity index (χ1n) is 7.42. The number of nitriles is 1. The van der Waals surface area contributed by atoms with Crippen LogP contribution < -0.4 is 5.32 Å². The third-order valence-corrected chi connectivity index (χ3v) is 4.74. The number of nitrogens with zero attached hydrogens (tertiary/aromatic N) is 3. The van der Waals surface area contributed by atoms with Gasteiger partial charge in [-0.15, -0.1) is 11.3 Å². The zero-order valence-corrected chi connectivity index (χ0v) is 14.0. The molecule has 0 fully saturated rings. The highest BCUT2D eigenvalue weighted by Crippen LogP contribution is 2.30. The fourth-order valence-corrected chi connectivity index (χ4v) is 3.39. The van der Waals surface area contributed by atoms with Gasteiger partial charge in [-0.1, -0.05) is 0 Å². The summed E-state index contributed by atoms with van der Waals surface area (Å²) in [6.07, 6.45) is 0. The number of carbonyl (C=O) groups is 1. The van der Waals surface area contributed by atoms with E-state index in [1.807, 2.05) is 6.92 Å². The summed E-state index contributed by atoms with van der Waals surface area (Å²) in [6.45, 7) is 3.93. The number of hydrogen-bond acceptors (Lipinski definition) is 4. The van der Waals surface area contributed by atoms with E-state index in [4.69, 9.17) is 5.26 Å². The van der Waals surface area contributed by atoms with Crippen LogP contribution in [0.15, 0.2) is 30.3 Å². The molecule has 0 bridgehead atoms. The monoisotopic (exact) mass is 342 g/mol. The smallest absolute Gasteiger partial charge is 0.261 e. The van der Waals surface area contributed by atoms with E-state index in [1.165, 1.54) is 23.5 Å². The van der Waals surface area contributed by atoms with Gasteiger partial charge in [-0.2, -0.15) is 10.4 Å². The third-order valence-electron chi connectivity index (χ3n) is 3.63. The topological polar surface area (TPSA) is 70.7 Å². The molecule has 3 aromatic rings. The molecule has 3 rings (SSSR count). The van der Waals surface area contributed by atoms with Gasteiger partial charge in [0.1, 0.15) is 10.6 Å². The minimum atomic E-state index is -0.309. The number of aromatic nitrogens is 2. The highest BCUT2D eigenvalue weighted by atomic mass is 32.1. The lowest BCUT2D eigenvalue weighted by atomic mass is 10.2. The summed E-state index contributed by atoms with van der Waals surface area (Å²) in [5.74, 6) is -0.750. The van der Waals surface area contributed by atoms with Crippen molar-refractivity contribution in [3.8, 4) is 11.8 Å². The first-order valence-corrected chi connectivity index (χ1v) is 8.24. The van der Waals surface area contributed by atoms with Gasteiger partial charge in [0, 0.05) is 11.9 Å². The van der Waals surface area contributed by atoms with Crippen molar-refractivity contribution < 1.29 is 9.18 Å². The lowest BCUT2D eigenvalue weighted by Crippen LogP contribution is -2.27. The maximum atomic E-state index is 13.1. The van der Waals surface area contributed by atoms with Gasteiger partial charge in [0.25, 0.3) is 5.91 Å². The standard InChI is InChI=1S/C17H15FN4OS/c1-10(8-19)9-20-16(23)15-7-14-11(2)21-22(17(14)24-15)13-5-3-12(18)4-6-13/h3-7,10H,9H2,1-2H3,(H,20,23). The van der Waals surface area contributed by atoms with Crippen molar-refractivity contribution in [2.45, 2.75) is 13.8 Å². The van der Waals surface area contributed by atoms with E-state index in [9.17, 15) is 9.18 Å². The number of rotatable bonds is 4. The van der Waals surface area contributed by atoms with Crippen molar-refractivity contribution >= 4 is 27.5 Å². The summed E-state index contributed by atoms with van der Waals surface area (Å²) in [4.78, 5) is 13.6. The molecule has 2 heterocycles. The van der Waals surface area contributed by atoms with Gasteiger partial charge in [0.15, 0.2) is 0 Å². The molecule has 0 radical (unpaired) electrons. The predicted molar refractivity (Wildman–Crippen MR) is 90.8 cm³/mol. The molecule has 5 nitrogen and oxygen atoms in total. The molecular formula is C17H15FN4OS. The number of thiophene rings is 1. The zero-order valence-electron chi connectivity index (χ0n) is 13.2. The number of benzene rings is 1. The normalized spacial score (nSPS) is 12.1. The fourth-order valence-electron chi connectivity index (χ4n) is 2.29. The van der Waals surface area contributed by atoms with Gasteiger partial charge in [-0.25, -0.2) is 9.07 Å². The Morgan fingerprint density at radius 3 is 2.83 bits per heavy atom. The van der Waals surface area contributed by atoms with Crippen LogP contribution in [0.1, 0.15) is 22.3 Å². The second kappa shape index (κ2) is 6.42. The van der Waals surface area contributed by atoms with Gasteiger partial charge in [-0.05, 0) is 44.2 Å². The van der Waals surface area contributed by atoms with Crippen LogP contribution in [0.3, 0.4) is 0 Å². The number of hydrogen-bond donors (Lipinski definition) is 1. The molecule has 0 aliphatic heterocycles. The van der Waals surface area contributed by atoms with E-state index in [-0.39, 0.29) is 17.6 Å². The number of fused-ring (bicyclic) bond motifs is 1. The van der Waals surface area contributed by atoms with Crippen molar-refractivity contribution in [1.29, 1.82) is 5.26 Å². The van der Waals surface area contributed by atoms with Crippen molar-refractivity contribution in [3.63, 3.8) is 0 Å². The number of carbonyl (C=O) groups excluding carboxylic acids is 1. The number of nitrogens with one attached hydrogen (secondary N) is 1. The second-order valence-electron chi connectivity index (χ2n) is 5.54. The molecule has 0 spiro atoms. The maximum Gasteiger partial charge on any atom is 0.261 e. The van der Waals surface area contributed by atoms with Gasteiger partial charge in [0.2, 0.25) is 0 Å². The summed E-state index contributed by atoms with van der Waals surface area (Å²) in [7, 11) is 0. The van der Waals surface area contributed by atoms with Crippen LogP contribution in [-0.2, 0) is 0 Å². The maximum absolute atomic E-state index is 13.1. The Hall–Kier alpha value is -2.72. The van der Waals surface area contributed by atoms with Crippen LogP contribution in [-0.4, -0.2) is 22.2 Å². The van der Waals surface area contributed by atoms with Crippen LogP contribution in [0.25, 0.3) is 15.9 Å². The van der Waals surface area contributed by atoms with Gasteiger partial charge in [0.05, 0.1) is 28.2 Å². The first-order chi connectivity index (χ1) is 11.5. The van der Waals surface area contributed by atoms with E-state index in [0.717, 1.165) is 21.6 Å². The van der Waals surface area contributed by atoms with E-state index >= 15 is 0 Å². The van der Waals surface area contributed by atoms with Crippen LogP contribution in [0.5, 0.6) is 0 Å². The molecule has 7 heteroatoms. The highest BCUT2D eigenvalue weighted by molar-refractivity contribution is 7.20. The minimum Gasteiger partial charge on any atom is -0.350 e. The number of halogens is 1. The Morgan fingerprint density at radius 1 is 1.46 bits per heavy atom. The molecule has 0 aliphatic rings. The van der Waals surface area contributed by atoms with Gasteiger partial charge in [-0.3, -0.25) is 4.79 Å². The minimum absolute atomic E-state index is 0.205. The Kier molecular flexibility index (Phi) is 4.32. The van der Waals surface area contributed by atoms with Gasteiger partial charge < -0.3 is 5.32 Å². The molecule has 0 saturated heterocycles. The molecular weight excluding hydrogens is 327 g/mol. The van der Waals surface area contributed by atoms with Crippen molar-refractivity contribution in [1.82, 2.24) is 15.1 Å². The van der Waals surface area contributed by atoms with Crippen molar-refractivity contribution in [2.75, 3.05) is 6.54 Å². The van der Waals surface area contributed by atoms with E-state index in [1.54, 1.807) is 29.8 Å². The molecule has 0 aliphatic carbocycles. The number of amides is 1. The molecule has 0 saturated carbocycles. The summed E-state index contributed by atoms with van der Waals surface area (Å²) < 4.78 is 14.8. The molecule has 2 aromatic heterocycles. The Balaban J connectivity index is 1.94.